The highest BCUT2D eigenvalue weighted by atomic mass is 16.3. The number of furan rings is 1. The van der Waals surface area contributed by atoms with Gasteiger partial charge in [-0.2, -0.15) is 0 Å². The van der Waals surface area contributed by atoms with Crippen LogP contribution >= 0.6 is 0 Å². The lowest BCUT2D eigenvalue weighted by molar-refractivity contribution is 0.485. The molecular weight excluding hydrogens is 218 g/mol. The third-order valence-electron chi connectivity index (χ3n) is 2.74. The first-order chi connectivity index (χ1) is 8.24. The molecule has 2 aromatic heterocycles. The number of nitrogens with zero attached hydrogens (tertiary/aromatic N) is 3. The first-order valence-electron chi connectivity index (χ1n) is 5.62. The van der Waals surface area contributed by atoms with Gasteiger partial charge in [0, 0.05) is 31.6 Å². The topological polar surface area (TPSA) is 81.9 Å². The van der Waals surface area contributed by atoms with Crippen LogP contribution in [0, 0.1) is 0 Å². The van der Waals surface area contributed by atoms with Gasteiger partial charge < -0.3 is 4.42 Å². The van der Waals surface area contributed by atoms with Crippen LogP contribution in [0.1, 0.15) is 30.0 Å². The van der Waals surface area contributed by atoms with Crippen molar-refractivity contribution in [3.63, 3.8) is 0 Å². The van der Waals surface area contributed by atoms with Crippen molar-refractivity contribution in [1.82, 2.24) is 20.4 Å². The second-order valence-corrected chi connectivity index (χ2v) is 3.96. The van der Waals surface area contributed by atoms with Gasteiger partial charge in [-0.05, 0) is 6.07 Å². The Bertz CT molecular complexity index is 476. The number of nitrogens with one attached hydrogen (secondary N) is 1. The summed E-state index contributed by atoms with van der Waals surface area (Å²) in [5, 5.41) is 7.96. The van der Waals surface area contributed by atoms with Crippen LogP contribution in [0.5, 0.6) is 0 Å². The summed E-state index contributed by atoms with van der Waals surface area (Å²) in [7, 11) is 1.84. The molecule has 2 heterocycles. The van der Waals surface area contributed by atoms with Crippen molar-refractivity contribution >= 4 is 0 Å². The fourth-order valence-corrected chi connectivity index (χ4v) is 1.91. The number of aryl methyl sites for hydroxylation is 2. The molecule has 0 radical (unpaired) electrons. The van der Waals surface area contributed by atoms with E-state index in [9.17, 15) is 0 Å². The highest BCUT2D eigenvalue weighted by Crippen LogP contribution is 2.22. The van der Waals surface area contributed by atoms with Gasteiger partial charge in [0.2, 0.25) is 0 Å². The van der Waals surface area contributed by atoms with E-state index < -0.39 is 0 Å². The van der Waals surface area contributed by atoms with Gasteiger partial charge in [-0.25, -0.2) is 0 Å². The van der Waals surface area contributed by atoms with Gasteiger partial charge >= 0.3 is 0 Å². The summed E-state index contributed by atoms with van der Waals surface area (Å²) in [6.07, 6.45) is 5.11. The highest BCUT2D eigenvalue weighted by Gasteiger charge is 2.17. The molecule has 2 rings (SSSR count). The van der Waals surface area contributed by atoms with E-state index in [0.717, 1.165) is 23.4 Å². The maximum Gasteiger partial charge on any atom is 0.108 e. The first-order valence-corrected chi connectivity index (χ1v) is 5.62. The number of hydrazine groups is 1. The Labute approximate surface area is 99.8 Å². The minimum absolute atomic E-state index is 0.000370. The van der Waals surface area contributed by atoms with Crippen molar-refractivity contribution in [2.75, 3.05) is 0 Å². The maximum atomic E-state index is 5.60. The van der Waals surface area contributed by atoms with E-state index in [0.29, 0.717) is 6.42 Å². The van der Waals surface area contributed by atoms with Gasteiger partial charge in [0.1, 0.15) is 5.76 Å². The van der Waals surface area contributed by atoms with Gasteiger partial charge in [-0.3, -0.25) is 16.0 Å². The Morgan fingerprint density at radius 2 is 2.41 bits per heavy atom. The minimum atomic E-state index is 0.000370. The molecule has 0 saturated carbocycles. The Balaban J connectivity index is 2.16. The van der Waals surface area contributed by atoms with Crippen LogP contribution in [0.3, 0.4) is 0 Å². The molecule has 0 bridgehead atoms. The summed E-state index contributed by atoms with van der Waals surface area (Å²) in [4.78, 5) is 0. The van der Waals surface area contributed by atoms with E-state index in [1.165, 1.54) is 0 Å². The maximum absolute atomic E-state index is 5.60. The molecule has 17 heavy (non-hydrogen) atoms. The number of rotatable bonds is 5. The van der Waals surface area contributed by atoms with Gasteiger partial charge in [-0.1, -0.05) is 12.1 Å². The normalized spacial score (nSPS) is 12.9. The van der Waals surface area contributed by atoms with Crippen LogP contribution in [0.15, 0.2) is 22.9 Å². The Morgan fingerprint density at radius 1 is 1.59 bits per heavy atom. The average molecular weight is 235 g/mol. The third-order valence-corrected chi connectivity index (χ3v) is 2.74. The SMILES string of the molecule is CCc1occc1C(Cc1cn(C)nn1)NN. The fraction of sp³-hybridized carbons (Fsp3) is 0.455. The molecule has 0 spiro atoms. The van der Waals surface area contributed by atoms with Crippen LogP contribution in [-0.4, -0.2) is 15.0 Å². The van der Waals surface area contributed by atoms with E-state index in [1.807, 2.05) is 19.3 Å². The van der Waals surface area contributed by atoms with Gasteiger partial charge in [0.05, 0.1) is 18.0 Å². The van der Waals surface area contributed by atoms with Crippen LogP contribution in [-0.2, 0) is 19.9 Å². The molecule has 0 amide bonds. The van der Waals surface area contributed by atoms with Crippen LogP contribution in [0.2, 0.25) is 0 Å². The molecule has 0 saturated heterocycles. The summed E-state index contributed by atoms with van der Waals surface area (Å²) < 4.78 is 7.08. The zero-order valence-electron chi connectivity index (χ0n) is 10.1. The number of hydrogen-bond donors (Lipinski definition) is 2. The van der Waals surface area contributed by atoms with Crippen molar-refractivity contribution in [3.8, 4) is 0 Å². The average Bonchev–Trinajstić information content (AvgIpc) is 2.94. The lowest BCUT2D eigenvalue weighted by Crippen LogP contribution is -2.30. The molecule has 6 heteroatoms. The summed E-state index contributed by atoms with van der Waals surface area (Å²) in [6, 6.07) is 1.94. The molecule has 0 aromatic carbocycles. The van der Waals surface area contributed by atoms with E-state index in [1.54, 1.807) is 10.9 Å². The summed E-state index contributed by atoms with van der Waals surface area (Å²) in [5.74, 6) is 6.55. The standard InChI is InChI=1S/C11H17N5O/c1-3-11-9(4-5-17-11)10(13-12)6-8-7-16(2)15-14-8/h4-5,7,10,13H,3,6,12H2,1-2H3. The van der Waals surface area contributed by atoms with E-state index in [4.69, 9.17) is 10.3 Å². The van der Waals surface area contributed by atoms with Crippen molar-refractivity contribution in [2.45, 2.75) is 25.8 Å². The van der Waals surface area contributed by atoms with Crippen LogP contribution in [0.25, 0.3) is 0 Å². The Hall–Kier alpha value is -1.66. The molecule has 3 N–H and O–H groups in total. The zero-order valence-corrected chi connectivity index (χ0v) is 10.1. The number of nitrogens with two attached hydrogens (primary N) is 1. The summed E-state index contributed by atoms with van der Waals surface area (Å²) >= 11 is 0. The molecule has 92 valence electrons. The van der Waals surface area contributed by atoms with Gasteiger partial charge in [0.15, 0.2) is 0 Å². The minimum Gasteiger partial charge on any atom is -0.469 e. The summed E-state index contributed by atoms with van der Waals surface area (Å²) in [5.41, 5.74) is 4.79. The number of aromatic nitrogens is 3. The highest BCUT2D eigenvalue weighted by molar-refractivity contribution is 5.22. The van der Waals surface area contributed by atoms with Crippen LogP contribution in [0.4, 0.5) is 0 Å². The van der Waals surface area contributed by atoms with Crippen molar-refractivity contribution in [3.05, 3.63) is 35.5 Å². The van der Waals surface area contributed by atoms with Crippen LogP contribution < -0.4 is 11.3 Å². The van der Waals surface area contributed by atoms with E-state index in [2.05, 4.69) is 22.7 Å². The van der Waals surface area contributed by atoms with E-state index in [-0.39, 0.29) is 6.04 Å². The summed E-state index contributed by atoms with van der Waals surface area (Å²) in [6.45, 7) is 2.05. The van der Waals surface area contributed by atoms with Gasteiger partial charge in [-0.15, -0.1) is 5.10 Å². The van der Waals surface area contributed by atoms with Crippen molar-refractivity contribution in [2.24, 2.45) is 12.9 Å². The second-order valence-electron chi connectivity index (χ2n) is 3.96. The van der Waals surface area contributed by atoms with Crippen molar-refractivity contribution in [1.29, 1.82) is 0 Å². The van der Waals surface area contributed by atoms with E-state index >= 15 is 0 Å². The molecule has 0 fully saturated rings. The number of hydrogen-bond acceptors (Lipinski definition) is 5. The predicted octanol–water partition coefficient (Wildman–Crippen LogP) is 0.718. The zero-order chi connectivity index (χ0) is 12.3. The molecule has 0 aliphatic carbocycles. The molecule has 2 aromatic rings. The second kappa shape index (κ2) is 5.11. The molecule has 1 atom stereocenters. The molecular formula is C11H17N5O. The molecule has 0 aliphatic heterocycles. The molecule has 1 unspecified atom stereocenters. The monoisotopic (exact) mass is 235 g/mol. The largest absolute Gasteiger partial charge is 0.469 e. The molecule has 0 aliphatic rings. The molecule has 6 nitrogen and oxygen atoms in total. The fourth-order valence-electron chi connectivity index (χ4n) is 1.91. The lowest BCUT2D eigenvalue weighted by atomic mass is 10.0. The quantitative estimate of drug-likeness (QED) is 0.589. The first kappa shape index (κ1) is 11.8. The Kier molecular flexibility index (Phi) is 3.55. The lowest BCUT2D eigenvalue weighted by Gasteiger charge is -2.13. The van der Waals surface area contributed by atoms with Crippen molar-refractivity contribution < 1.29 is 4.42 Å². The predicted molar refractivity (Wildman–Crippen MR) is 62.9 cm³/mol. The Morgan fingerprint density at radius 3 is 3.00 bits per heavy atom. The smallest absolute Gasteiger partial charge is 0.108 e. The third kappa shape index (κ3) is 2.54. The van der Waals surface area contributed by atoms with Gasteiger partial charge in [0.25, 0.3) is 0 Å².